The molecule has 0 aliphatic carbocycles. The molecule has 0 bridgehead atoms. The number of aliphatic hydroxyl groups excluding tert-OH is 1. The first-order valence-corrected chi connectivity index (χ1v) is 5.79. The van der Waals surface area contributed by atoms with Gasteiger partial charge in [0.1, 0.15) is 12.4 Å². The Labute approximate surface area is 96.0 Å². The molecule has 1 aliphatic heterocycles. The summed E-state index contributed by atoms with van der Waals surface area (Å²) in [5, 5.41) is 9.59. The van der Waals surface area contributed by atoms with Crippen LogP contribution in [-0.2, 0) is 4.74 Å². The lowest BCUT2D eigenvalue weighted by atomic mass is 10.1. The Morgan fingerprint density at radius 3 is 3.00 bits per heavy atom. The van der Waals surface area contributed by atoms with E-state index in [0.29, 0.717) is 6.61 Å². The van der Waals surface area contributed by atoms with Gasteiger partial charge < -0.3 is 14.6 Å². The zero-order valence-corrected chi connectivity index (χ0v) is 9.56. The minimum absolute atomic E-state index is 0.210. The monoisotopic (exact) mass is 222 g/mol. The second kappa shape index (κ2) is 5.32. The van der Waals surface area contributed by atoms with E-state index in [0.717, 1.165) is 30.8 Å². The van der Waals surface area contributed by atoms with Crippen LogP contribution in [0.5, 0.6) is 5.75 Å². The molecule has 3 heteroatoms. The van der Waals surface area contributed by atoms with Crippen LogP contribution in [0.3, 0.4) is 0 Å². The lowest BCUT2D eigenvalue weighted by Gasteiger charge is -2.15. The molecule has 0 spiro atoms. The minimum Gasteiger partial charge on any atom is -0.490 e. The molecule has 0 saturated carbocycles. The predicted molar refractivity (Wildman–Crippen MR) is 61.5 cm³/mol. The molecular weight excluding hydrogens is 204 g/mol. The quantitative estimate of drug-likeness (QED) is 0.849. The van der Waals surface area contributed by atoms with Gasteiger partial charge in [-0.3, -0.25) is 0 Å². The highest BCUT2D eigenvalue weighted by Crippen LogP contribution is 2.25. The summed E-state index contributed by atoms with van der Waals surface area (Å²) in [6.45, 7) is 3.16. The Kier molecular flexibility index (Phi) is 3.80. The van der Waals surface area contributed by atoms with E-state index < -0.39 is 6.10 Å². The first-order chi connectivity index (χ1) is 7.77. The molecule has 0 amide bonds. The Morgan fingerprint density at radius 2 is 2.31 bits per heavy atom. The number of para-hydroxylation sites is 1. The van der Waals surface area contributed by atoms with Crippen molar-refractivity contribution in [2.45, 2.75) is 32.0 Å². The van der Waals surface area contributed by atoms with E-state index in [1.54, 1.807) is 6.92 Å². The molecule has 88 valence electrons. The summed E-state index contributed by atoms with van der Waals surface area (Å²) in [7, 11) is 0. The first-order valence-electron chi connectivity index (χ1n) is 5.79. The van der Waals surface area contributed by atoms with E-state index in [1.807, 2.05) is 24.3 Å². The summed E-state index contributed by atoms with van der Waals surface area (Å²) in [6.07, 6.45) is 1.89. The third-order valence-corrected chi connectivity index (χ3v) is 2.82. The van der Waals surface area contributed by atoms with E-state index in [4.69, 9.17) is 9.47 Å². The first kappa shape index (κ1) is 11.4. The van der Waals surface area contributed by atoms with Crippen LogP contribution in [0.4, 0.5) is 0 Å². The van der Waals surface area contributed by atoms with Crippen LogP contribution in [0.15, 0.2) is 24.3 Å². The van der Waals surface area contributed by atoms with Crippen molar-refractivity contribution in [2.75, 3.05) is 13.2 Å². The lowest BCUT2D eigenvalue weighted by molar-refractivity contribution is 0.0664. The molecule has 1 aromatic carbocycles. The molecule has 1 saturated heterocycles. The predicted octanol–water partition coefficient (Wildman–Crippen LogP) is 2.30. The van der Waals surface area contributed by atoms with Crippen molar-refractivity contribution in [3.8, 4) is 5.75 Å². The van der Waals surface area contributed by atoms with Crippen molar-refractivity contribution in [3.05, 3.63) is 29.8 Å². The summed E-state index contributed by atoms with van der Waals surface area (Å²) in [6, 6.07) is 7.59. The van der Waals surface area contributed by atoms with Gasteiger partial charge >= 0.3 is 0 Å². The number of hydrogen-bond acceptors (Lipinski definition) is 3. The van der Waals surface area contributed by atoms with E-state index in [-0.39, 0.29) is 6.10 Å². The number of benzene rings is 1. The lowest BCUT2D eigenvalue weighted by Crippen LogP contribution is -2.17. The fourth-order valence-electron chi connectivity index (χ4n) is 1.92. The van der Waals surface area contributed by atoms with Gasteiger partial charge in [0.2, 0.25) is 0 Å². The average molecular weight is 222 g/mol. The smallest absolute Gasteiger partial charge is 0.125 e. The molecule has 0 aromatic heterocycles. The third-order valence-electron chi connectivity index (χ3n) is 2.82. The standard InChI is InChI=1S/C13H18O3/c1-10(14)12-6-2-3-7-13(12)16-9-11-5-4-8-15-11/h2-3,6-7,10-11,14H,4-5,8-9H2,1H3/t10-,11?/m0/s1. The molecule has 2 rings (SSSR count). The molecule has 16 heavy (non-hydrogen) atoms. The van der Waals surface area contributed by atoms with Crippen LogP contribution in [0.25, 0.3) is 0 Å². The van der Waals surface area contributed by atoms with Gasteiger partial charge in [0.25, 0.3) is 0 Å². The van der Waals surface area contributed by atoms with Gasteiger partial charge in [-0.25, -0.2) is 0 Å². The van der Waals surface area contributed by atoms with Crippen molar-refractivity contribution in [3.63, 3.8) is 0 Å². The summed E-state index contributed by atoms with van der Waals surface area (Å²) in [5.74, 6) is 0.757. The SMILES string of the molecule is C[C@H](O)c1ccccc1OCC1CCCO1. The summed E-state index contributed by atoms with van der Waals surface area (Å²) >= 11 is 0. The average Bonchev–Trinajstić information content (AvgIpc) is 2.79. The fourth-order valence-corrected chi connectivity index (χ4v) is 1.92. The molecule has 3 nitrogen and oxygen atoms in total. The molecule has 2 atom stereocenters. The molecule has 1 aliphatic rings. The normalized spacial score (nSPS) is 22.0. The van der Waals surface area contributed by atoms with Crippen LogP contribution in [0.2, 0.25) is 0 Å². The van der Waals surface area contributed by atoms with Crippen molar-refractivity contribution in [1.29, 1.82) is 0 Å². The largest absolute Gasteiger partial charge is 0.490 e. The maximum atomic E-state index is 9.59. The Hall–Kier alpha value is -1.06. The second-order valence-electron chi connectivity index (χ2n) is 4.16. The van der Waals surface area contributed by atoms with Crippen molar-refractivity contribution < 1.29 is 14.6 Å². The second-order valence-corrected chi connectivity index (χ2v) is 4.16. The fraction of sp³-hybridized carbons (Fsp3) is 0.538. The molecule has 1 N–H and O–H groups in total. The van der Waals surface area contributed by atoms with Gasteiger partial charge in [0.15, 0.2) is 0 Å². The van der Waals surface area contributed by atoms with Gasteiger partial charge in [-0.05, 0) is 25.8 Å². The van der Waals surface area contributed by atoms with Crippen molar-refractivity contribution in [1.82, 2.24) is 0 Å². The van der Waals surface area contributed by atoms with Gasteiger partial charge in [0.05, 0.1) is 12.2 Å². The Morgan fingerprint density at radius 1 is 1.50 bits per heavy atom. The van der Waals surface area contributed by atoms with Gasteiger partial charge in [-0.2, -0.15) is 0 Å². The van der Waals surface area contributed by atoms with Gasteiger partial charge in [0, 0.05) is 12.2 Å². The molecular formula is C13H18O3. The topological polar surface area (TPSA) is 38.7 Å². The van der Waals surface area contributed by atoms with Crippen molar-refractivity contribution in [2.24, 2.45) is 0 Å². The maximum absolute atomic E-state index is 9.59. The highest BCUT2D eigenvalue weighted by Gasteiger charge is 2.17. The van der Waals surface area contributed by atoms with E-state index in [2.05, 4.69) is 0 Å². The van der Waals surface area contributed by atoms with E-state index >= 15 is 0 Å². The van der Waals surface area contributed by atoms with Crippen LogP contribution in [0, 0.1) is 0 Å². The van der Waals surface area contributed by atoms with Crippen molar-refractivity contribution >= 4 is 0 Å². The summed E-state index contributed by atoms with van der Waals surface area (Å²) < 4.78 is 11.2. The number of ether oxygens (including phenoxy) is 2. The number of aliphatic hydroxyl groups is 1. The number of hydrogen-bond donors (Lipinski definition) is 1. The maximum Gasteiger partial charge on any atom is 0.125 e. The van der Waals surface area contributed by atoms with Crippen LogP contribution < -0.4 is 4.74 Å². The molecule has 1 heterocycles. The van der Waals surface area contributed by atoms with Gasteiger partial charge in [-0.1, -0.05) is 18.2 Å². The van der Waals surface area contributed by atoms with E-state index in [9.17, 15) is 5.11 Å². The molecule has 1 aromatic rings. The Bertz CT molecular complexity index is 330. The summed E-state index contributed by atoms with van der Waals surface area (Å²) in [5.41, 5.74) is 0.834. The van der Waals surface area contributed by atoms with Crippen LogP contribution in [0.1, 0.15) is 31.4 Å². The number of rotatable bonds is 4. The zero-order chi connectivity index (χ0) is 11.4. The highest BCUT2D eigenvalue weighted by atomic mass is 16.5. The van der Waals surface area contributed by atoms with Crippen LogP contribution in [-0.4, -0.2) is 24.4 Å². The molecule has 1 unspecified atom stereocenters. The molecule has 0 radical (unpaired) electrons. The Balaban J connectivity index is 1.97. The third kappa shape index (κ3) is 2.74. The molecule has 1 fully saturated rings. The highest BCUT2D eigenvalue weighted by molar-refractivity contribution is 5.34. The van der Waals surface area contributed by atoms with Gasteiger partial charge in [-0.15, -0.1) is 0 Å². The van der Waals surface area contributed by atoms with Crippen LogP contribution >= 0.6 is 0 Å². The van der Waals surface area contributed by atoms with E-state index in [1.165, 1.54) is 0 Å². The summed E-state index contributed by atoms with van der Waals surface area (Å²) in [4.78, 5) is 0. The zero-order valence-electron chi connectivity index (χ0n) is 9.56. The minimum atomic E-state index is -0.499.